The third-order valence-corrected chi connectivity index (χ3v) is 3.28. The van der Waals surface area contributed by atoms with E-state index >= 15 is 0 Å². The molecule has 0 aliphatic carbocycles. The van der Waals surface area contributed by atoms with E-state index in [-0.39, 0.29) is 5.91 Å². The van der Waals surface area contributed by atoms with Crippen molar-refractivity contribution in [2.75, 3.05) is 0 Å². The zero-order chi connectivity index (χ0) is 11.5. The average Bonchev–Trinajstić information content (AvgIpc) is 2.69. The van der Waals surface area contributed by atoms with Crippen LogP contribution in [0.15, 0.2) is 11.6 Å². The topological polar surface area (TPSA) is 68.0 Å². The molecule has 0 radical (unpaired) electrons. The number of rotatable bonds is 4. The van der Waals surface area contributed by atoms with Crippen molar-refractivity contribution in [2.45, 2.75) is 38.8 Å². The number of thiazole rings is 1. The molecular weight excluding hydrogens is 210 g/mol. The van der Waals surface area contributed by atoms with Crippen LogP contribution in [0.4, 0.5) is 0 Å². The summed E-state index contributed by atoms with van der Waals surface area (Å²) >= 11 is 1.52. The molecular formula is C10H17N3OS. The third kappa shape index (κ3) is 3.00. The van der Waals surface area contributed by atoms with Gasteiger partial charge >= 0.3 is 0 Å². The predicted molar refractivity (Wildman–Crippen MR) is 61.5 cm³/mol. The van der Waals surface area contributed by atoms with Crippen molar-refractivity contribution < 1.29 is 4.79 Å². The van der Waals surface area contributed by atoms with Crippen molar-refractivity contribution >= 4 is 17.2 Å². The summed E-state index contributed by atoms with van der Waals surface area (Å²) in [5.41, 5.74) is 5.20. The molecule has 1 aromatic rings. The Bertz CT molecular complexity index is 321. The predicted octanol–water partition coefficient (Wildman–Crippen LogP) is 1.23. The zero-order valence-corrected chi connectivity index (χ0v) is 10.1. The maximum absolute atomic E-state index is 11.6. The van der Waals surface area contributed by atoms with Gasteiger partial charge in [0.1, 0.15) is 5.01 Å². The van der Waals surface area contributed by atoms with Gasteiger partial charge in [-0.05, 0) is 20.3 Å². The first-order chi connectivity index (χ1) is 6.97. The minimum Gasteiger partial charge on any atom is -0.343 e. The van der Waals surface area contributed by atoms with Crippen molar-refractivity contribution in [3.05, 3.63) is 16.6 Å². The van der Waals surface area contributed by atoms with Gasteiger partial charge in [-0.3, -0.25) is 4.79 Å². The fraction of sp³-hybridized carbons (Fsp3) is 0.600. The molecule has 3 N–H and O–H groups in total. The lowest BCUT2D eigenvalue weighted by molar-refractivity contribution is -0.124. The summed E-state index contributed by atoms with van der Waals surface area (Å²) < 4.78 is 0. The molecule has 0 bridgehead atoms. The summed E-state index contributed by atoms with van der Waals surface area (Å²) in [5.74, 6) is -0.127. The number of hydrogen-bond acceptors (Lipinski definition) is 4. The van der Waals surface area contributed by atoms with Crippen LogP contribution in [0.25, 0.3) is 0 Å². The van der Waals surface area contributed by atoms with E-state index in [0.29, 0.717) is 6.42 Å². The number of hydrogen-bond donors (Lipinski definition) is 2. The Morgan fingerprint density at radius 1 is 1.73 bits per heavy atom. The molecule has 0 spiro atoms. The smallest absolute Gasteiger partial charge is 0.237 e. The summed E-state index contributed by atoms with van der Waals surface area (Å²) in [6.45, 7) is 5.73. The van der Waals surface area contributed by atoms with Crippen LogP contribution in [0.1, 0.15) is 32.2 Å². The monoisotopic (exact) mass is 227 g/mol. The van der Waals surface area contributed by atoms with Gasteiger partial charge in [-0.2, -0.15) is 0 Å². The normalized spacial score (nSPS) is 13.6. The maximum atomic E-state index is 11.6. The summed E-state index contributed by atoms with van der Waals surface area (Å²) in [7, 11) is 0. The van der Waals surface area contributed by atoms with Gasteiger partial charge in [0.15, 0.2) is 0 Å². The molecule has 1 atom stereocenters. The molecule has 1 heterocycles. The first-order valence-corrected chi connectivity index (χ1v) is 5.83. The van der Waals surface area contributed by atoms with Gasteiger partial charge in [0.05, 0.1) is 11.6 Å². The number of nitrogens with zero attached hydrogens (tertiary/aromatic N) is 1. The van der Waals surface area contributed by atoms with Crippen LogP contribution in [-0.2, 0) is 10.3 Å². The Kier molecular flexibility index (Phi) is 3.82. The van der Waals surface area contributed by atoms with Crippen molar-refractivity contribution in [1.29, 1.82) is 0 Å². The van der Waals surface area contributed by atoms with Crippen LogP contribution in [0, 0.1) is 0 Å². The van der Waals surface area contributed by atoms with E-state index in [1.54, 1.807) is 6.20 Å². The standard InChI is InChI=1S/C10H17N3OS/c1-4-7(11)8(14)13-10(2,3)9-12-5-6-15-9/h5-7H,4,11H2,1-3H3,(H,13,14)/t7-/m1/s1. The molecule has 0 fully saturated rings. The molecule has 0 saturated heterocycles. The second kappa shape index (κ2) is 4.72. The van der Waals surface area contributed by atoms with Crippen LogP contribution in [-0.4, -0.2) is 16.9 Å². The van der Waals surface area contributed by atoms with Crippen LogP contribution < -0.4 is 11.1 Å². The van der Waals surface area contributed by atoms with E-state index in [2.05, 4.69) is 10.3 Å². The summed E-state index contributed by atoms with van der Waals surface area (Å²) in [5, 5.41) is 5.67. The van der Waals surface area contributed by atoms with E-state index < -0.39 is 11.6 Å². The van der Waals surface area contributed by atoms with Crippen molar-refractivity contribution in [3.63, 3.8) is 0 Å². The molecule has 4 nitrogen and oxygen atoms in total. The van der Waals surface area contributed by atoms with Gasteiger partial charge in [0, 0.05) is 11.6 Å². The second-order valence-electron chi connectivity index (χ2n) is 3.97. The van der Waals surface area contributed by atoms with Gasteiger partial charge in [0.2, 0.25) is 5.91 Å². The van der Waals surface area contributed by atoms with E-state index in [0.717, 1.165) is 5.01 Å². The van der Waals surface area contributed by atoms with Crippen molar-refractivity contribution in [1.82, 2.24) is 10.3 Å². The van der Waals surface area contributed by atoms with Crippen LogP contribution in [0.3, 0.4) is 0 Å². The van der Waals surface area contributed by atoms with Gasteiger partial charge in [-0.15, -0.1) is 11.3 Å². The molecule has 1 aromatic heterocycles. The quantitative estimate of drug-likeness (QED) is 0.813. The second-order valence-corrected chi connectivity index (χ2v) is 4.86. The Labute approximate surface area is 93.9 Å². The molecule has 15 heavy (non-hydrogen) atoms. The first-order valence-electron chi connectivity index (χ1n) is 4.95. The number of aromatic nitrogens is 1. The van der Waals surface area contributed by atoms with Crippen LogP contribution >= 0.6 is 11.3 Å². The Hall–Kier alpha value is -0.940. The maximum Gasteiger partial charge on any atom is 0.237 e. The first kappa shape index (κ1) is 12.1. The number of amides is 1. The van der Waals surface area contributed by atoms with E-state index in [1.807, 2.05) is 26.2 Å². The SMILES string of the molecule is CC[C@@H](N)C(=O)NC(C)(C)c1nccs1. The fourth-order valence-electron chi connectivity index (χ4n) is 1.17. The van der Waals surface area contributed by atoms with Gasteiger partial charge in [0.25, 0.3) is 0 Å². The largest absolute Gasteiger partial charge is 0.343 e. The lowest BCUT2D eigenvalue weighted by atomic mass is 10.1. The highest BCUT2D eigenvalue weighted by atomic mass is 32.1. The highest BCUT2D eigenvalue weighted by Gasteiger charge is 2.27. The molecule has 0 aliphatic rings. The molecule has 0 saturated carbocycles. The minimum absolute atomic E-state index is 0.127. The van der Waals surface area contributed by atoms with Crippen molar-refractivity contribution in [3.8, 4) is 0 Å². The number of carbonyl (C=O) groups is 1. The Morgan fingerprint density at radius 2 is 2.40 bits per heavy atom. The molecule has 0 aromatic carbocycles. The number of carbonyl (C=O) groups excluding carboxylic acids is 1. The lowest BCUT2D eigenvalue weighted by Gasteiger charge is -2.25. The molecule has 1 amide bonds. The zero-order valence-electron chi connectivity index (χ0n) is 9.28. The van der Waals surface area contributed by atoms with Crippen LogP contribution in [0.2, 0.25) is 0 Å². The number of nitrogens with one attached hydrogen (secondary N) is 1. The average molecular weight is 227 g/mol. The summed E-state index contributed by atoms with van der Waals surface area (Å²) in [6.07, 6.45) is 2.37. The molecule has 84 valence electrons. The molecule has 1 rings (SSSR count). The van der Waals surface area contributed by atoms with E-state index in [9.17, 15) is 4.79 Å². The highest BCUT2D eigenvalue weighted by molar-refractivity contribution is 7.09. The van der Waals surface area contributed by atoms with Gasteiger partial charge < -0.3 is 11.1 Å². The fourth-order valence-corrected chi connectivity index (χ4v) is 1.89. The molecule has 0 aliphatic heterocycles. The molecule has 0 unspecified atom stereocenters. The number of nitrogens with two attached hydrogens (primary N) is 1. The third-order valence-electron chi connectivity index (χ3n) is 2.18. The van der Waals surface area contributed by atoms with Crippen molar-refractivity contribution in [2.24, 2.45) is 5.73 Å². The van der Waals surface area contributed by atoms with Crippen LogP contribution in [0.5, 0.6) is 0 Å². The Balaban J connectivity index is 2.69. The van der Waals surface area contributed by atoms with Gasteiger partial charge in [-0.25, -0.2) is 4.98 Å². The minimum atomic E-state index is -0.446. The lowest BCUT2D eigenvalue weighted by Crippen LogP contribution is -2.48. The summed E-state index contributed by atoms with van der Waals surface area (Å²) in [6, 6.07) is -0.441. The van der Waals surface area contributed by atoms with Gasteiger partial charge in [-0.1, -0.05) is 6.92 Å². The van der Waals surface area contributed by atoms with E-state index in [1.165, 1.54) is 11.3 Å². The highest BCUT2D eigenvalue weighted by Crippen LogP contribution is 2.21. The van der Waals surface area contributed by atoms with E-state index in [4.69, 9.17) is 5.73 Å². The Morgan fingerprint density at radius 3 is 2.87 bits per heavy atom. The molecule has 5 heteroatoms. The summed E-state index contributed by atoms with van der Waals surface area (Å²) in [4.78, 5) is 15.8.